The molecule has 3 heteroatoms. The van der Waals surface area contributed by atoms with Gasteiger partial charge in [0.1, 0.15) is 0 Å². The summed E-state index contributed by atoms with van der Waals surface area (Å²) in [6, 6.07) is 27.2. The van der Waals surface area contributed by atoms with Gasteiger partial charge in [0.05, 0.1) is 0 Å². The van der Waals surface area contributed by atoms with E-state index < -0.39 is 17.4 Å². The Bertz CT molecular complexity index is 1280. The van der Waals surface area contributed by atoms with Crippen molar-refractivity contribution in [2.75, 3.05) is 14.2 Å². The fourth-order valence-electron chi connectivity index (χ4n) is 5.62. The van der Waals surface area contributed by atoms with Crippen molar-refractivity contribution in [3.05, 3.63) is 106 Å². The Kier molecular flexibility index (Phi) is 7.45. The second-order valence-corrected chi connectivity index (χ2v) is 11.8. The molecule has 0 saturated heterocycles. The number of hydrogen-bond acceptors (Lipinski definition) is 2. The summed E-state index contributed by atoms with van der Waals surface area (Å²) in [7, 11) is 1.50. The summed E-state index contributed by atoms with van der Waals surface area (Å²) in [6.07, 6.45) is 2.12. The maximum absolute atomic E-state index is 8.25. The molecule has 4 aromatic carbocycles. The van der Waals surface area contributed by atoms with E-state index in [2.05, 4.69) is 86.6 Å². The van der Waals surface area contributed by atoms with Crippen molar-refractivity contribution in [3.63, 3.8) is 0 Å². The van der Waals surface area contributed by atoms with E-state index in [1.54, 1.807) is 18.9 Å². The standard InChI is InChI=1S/2C14H11.2CH3O.CH2.Ti/c2*1-10-6-7-14-12(8-10)9-11-4-2-3-5-13(11)14;2*1-2;;/h2*2-7H,9H2,1H3;2*1H3;1H2;/q;;2*-1;;+2. The maximum atomic E-state index is 8.25. The normalized spacial score (nSPS) is 11.4. The molecular weight excluding hydrogens is 452 g/mol. The molecule has 4 aromatic rings. The molecule has 0 aromatic heterocycles. The van der Waals surface area contributed by atoms with Crippen LogP contribution in [0.3, 0.4) is 0 Å². The summed E-state index contributed by atoms with van der Waals surface area (Å²) in [6.45, 7) is 4.59. The van der Waals surface area contributed by atoms with Gasteiger partial charge in [-0.15, -0.1) is 0 Å². The van der Waals surface area contributed by atoms with Gasteiger partial charge in [0, 0.05) is 0 Å². The molecule has 0 N–H and O–H groups in total. The fraction of sp³-hybridized carbons (Fsp3) is 0.194. The van der Waals surface area contributed by atoms with Crippen LogP contribution in [-0.4, -0.2) is 19.0 Å². The first-order chi connectivity index (χ1) is 16.6. The van der Waals surface area contributed by atoms with Gasteiger partial charge in [-0.05, 0) is 0 Å². The van der Waals surface area contributed by atoms with Crippen molar-refractivity contribution >= 4 is 12.6 Å². The van der Waals surface area contributed by atoms with E-state index in [0.29, 0.717) is 0 Å². The summed E-state index contributed by atoms with van der Waals surface area (Å²) in [5, 5.41) is 16.5. The predicted octanol–water partition coefficient (Wildman–Crippen LogP) is 3.40. The number of rotatable bonds is 2. The van der Waals surface area contributed by atoms with Gasteiger partial charge >= 0.3 is 185 Å². The molecule has 0 spiro atoms. The molecule has 34 heavy (non-hydrogen) atoms. The Morgan fingerprint density at radius 2 is 0.941 bits per heavy atom. The molecule has 6 rings (SSSR count). The monoisotopic (exact) mass is 482 g/mol. The molecule has 0 unspecified atom stereocenters. The average Bonchev–Trinajstić information content (AvgIpc) is 3.44. The Labute approximate surface area is 208 Å². The van der Waals surface area contributed by atoms with E-state index in [9.17, 15) is 0 Å². The van der Waals surface area contributed by atoms with Crippen molar-refractivity contribution in [2.45, 2.75) is 26.7 Å². The zero-order valence-electron chi connectivity index (χ0n) is 20.4. The van der Waals surface area contributed by atoms with Crippen molar-refractivity contribution in [3.8, 4) is 22.3 Å². The third kappa shape index (κ3) is 3.95. The fourth-order valence-corrected chi connectivity index (χ4v) is 9.59. The van der Waals surface area contributed by atoms with Gasteiger partial charge < -0.3 is 10.2 Å². The minimum absolute atomic E-state index is 0.750. The van der Waals surface area contributed by atoms with Crippen LogP contribution < -0.4 is 17.9 Å². The number of fused-ring (bicyclic) bond motifs is 6. The van der Waals surface area contributed by atoms with Gasteiger partial charge in [-0.2, -0.15) is 14.2 Å². The molecule has 0 heterocycles. The molecule has 2 aliphatic carbocycles. The van der Waals surface area contributed by atoms with Gasteiger partial charge in [0.25, 0.3) is 0 Å². The van der Waals surface area contributed by atoms with E-state index in [-0.39, 0.29) is 0 Å². The summed E-state index contributed by atoms with van der Waals surface area (Å²) in [5.74, 6) is 0. The summed E-state index contributed by atoms with van der Waals surface area (Å²) in [5.41, 5.74) is 14.6. The van der Waals surface area contributed by atoms with Gasteiger partial charge in [-0.1, -0.05) is 0 Å². The van der Waals surface area contributed by atoms with Gasteiger partial charge in [-0.3, -0.25) is 0 Å². The van der Waals surface area contributed by atoms with Gasteiger partial charge in [-0.25, -0.2) is 0 Å². The molecule has 0 saturated carbocycles. The summed E-state index contributed by atoms with van der Waals surface area (Å²) in [4.78, 5) is 4.95. The van der Waals surface area contributed by atoms with Crippen LogP contribution in [0.25, 0.3) is 22.3 Å². The van der Waals surface area contributed by atoms with Crippen LogP contribution >= 0.6 is 0 Å². The average molecular weight is 482 g/mol. The van der Waals surface area contributed by atoms with Crippen LogP contribution in [0.2, 0.25) is 0 Å². The Morgan fingerprint density at radius 1 is 0.559 bits per heavy atom. The van der Waals surface area contributed by atoms with Crippen molar-refractivity contribution in [2.24, 2.45) is 0 Å². The first-order valence-corrected chi connectivity index (χ1v) is 14.2. The van der Waals surface area contributed by atoms with Crippen LogP contribution in [0.4, 0.5) is 0 Å². The molecular formula is C31H30O2Ti. The zero-order chi connectivity index (χ0) is 24.4. The van der Waals surface area contributed by atoms with E-state index in [1.807, 2.05) is 0 Å². The molecule has 170 valence electrons. The zero-order valence-corrected chi connectivity index (χ0v) is 21.9. The Morgan fingerprint density at radius 3 is 1.35 bits per heavy atom. The van der Waals surface area contributed by atoms with E-state index in [1.165, 1.54) is 44.5 Å². The predicted molar refractivity (Wildman–Crippen MR) is 137 cm³/mol. The number of aryl methyl sites for hydroxylation is 2. The topological polar surface area (TPSA) is 46.1 Å². The van der Waals surface area contributed by atoms with E-state index >= 15 is 0 Å². The van der Waals surface area contributed by atoms with Crippen molar-refractivity contribution < 1.29 is 27.6 Å². The third-order valence-electron chi connectivity index (χ3n) is 7.00. The van der Waals surface area contributed by atoms with Crippen molar-refractivity contribution in [1.29, 1.82) is 0 Å². The molecule has 0 fully saturated rings. The van der Waals surface area contributed by atoms with E-state index in [0.717, 1.165) is 27.1 Å². The molecule has 2 nitrogen and oxygen atoms in total. The number of hydrogen-bond donors (Lipinski definition) is 0. The second-order valence-electron chi connectivity index (χ2n) is 8.71. The minimum atomic E-state index is -1.95. The SMILES string of the molecule is C[O-].C[O-].[CH2]=[Ti+2]([c]1c(C)ccc2c1Cc1ccccc1-2)[c]1c(C)ccc2c1Cc1ccccc1-2. The van der Waals surface area contributed by atoms with Crippen LogP contribution in [0.1, 0.15) is 33.4 Å². The first kappa shape index (κ1) is 24.5. The quantitative estimate of drug-likeness (QED) is 0.355. The third-order valence-corrected chi connectivity index (χ3v) is 11.1. The molecule has 0 bridgehead atoms. The van der Waals surface area contributed by atoms with Crippen LogP contribution in [0.5, 0.6) is 0 Å². The Balaban J connectivity index is 0.000000652. The summed E-state index contributed by atoms with van der Waals surface area (Å²) < 4.78 is 3.19. The molecule has 2 aliphatic rings. The van der Waals surface area contributed by atoms with Crippen LogP contribution in [0, 0.1) is 13.8 Å². The molecule has 0 amide bonds. The number of benzene rings is 4. The van der Waals surface area contributed by atoms with Crippen LogP contribution in [0.15, 0.2) is 72.8 Å². The Hall–Kier alpha value is -2.62. The molecule has 0 atom stereocenters. The summed E-state index contributed by atoms with van der Waals surface area (Å²) >= 11 is -1.95. The van der Waals surface area contributed by atoms with Crippen LogP contribution in [-0.2, 0) is 30.2 Å². The van der Waals surface area contributed by atoms with Gasteiger partial charge in [0.2, 0.25) is 0 Å². The van der Waals surface area contributed by atoms with Gasteiger partial charge in [0.15, 0.2) is 0 Å². The van der Waals surface area contributed by atoms with E-state index in [4.69, 9.17) is 15.0 Å². The first-order valence-electron chi connectivity index (χ1n) is 11.6. The van der Waals surface area contributed by atoms with Crippen molar-refractivity contribution in [1.82, 2.24) is 0 Å². The molecule has 0 aliphatic heterocycles. The molecule has 0 radical (unpaired) electrons. The second kappa shape index (κ2) is 10.3.